The van der Waals surface area contributed by atoms with E-state index in [0.29, 0.717) is 18.2 Å². The number of aromatic nitrogens is 2. The average Bonchev–Trinajstić information content (AvgIpc) is 2.69. The first-order valence-corrected chi connectivity index (χ1v) is 7.30. The lowest BCUT2D eigenvalue weighted by Gasteiger charge is -2.06. The number of nitrogen functional groups attached to an aromatic ring is 1. The molecule has 0 aliphatic rings. The highest BCUT2D eigenvalue weighted by molar-refractivity contribution is 7.18. The Labute approximate surface area is 117 Å². The minimum Gasteiger partial charge on any atom is -0.373 e. The Kier molecular flexibility index (Phi) is 4.68. The number of hydrogen-bond donors (Lipinski definition) is 2. The Hall–Kier alpha value is -1.24. The monoisotopic (exact) mass is 280 g/mol. The fraction of sp³-hybridized carbons (Fsp3) is 0.538. The van der Waals surface area contributed by atoms with Crippen molar-refractivity contribution < 1.29 is 4.74 Å². The number of unbranched alkanes of at least 4 members (excludes halogenated alkanes) is 1. The summed E-state index contributed by atoms with van der Waals surface area (Å²) in [5, 5.41) is 1.02. The van der Waals surface area contributed by atoms with E-state index in [1.165, 1.54) is 10.4 Å². The van der Waals surface area contributed by atoms with Gasteiger partial charge in [0, 0.05) is 11.5 Å². The Morgan fingerprint density at radius 3 is 2.79 bits per heavy atom. The lowest BCUT2D eigenvalue weighted by molar-refractivity contribution is 0.113. The van der Waals surface area contributed by atoms with Crippen LogP contribution < -0.4 is 11.3 Å². The zero-order valence-corrected chi connectivity index (χ0v) is 12.4. The third-order valence-corrected chi connectivity index (χ3v) is 4.19. The lowest BCUT2D eigenvalue weighted by Crippen LogP contribution is -2.11. The van der Waals surface area contributed by atoms with Crippen LogP contribution >= 0.6 is 11.3 Å². The number of hydrogen-bond acceptors (Lipinski definition) is 6. The summed E-state index contributed by atoms with van der Waals surface area (Å²) in [7, 11) is 0. The highest BCUT2D eigenvalue weighted by Gasteiger charge is 2.13. The summed E-state index contributed by atoms with van der Waals surface area (Å²) in [6.45, 7) is 7.46. The zero-order chi connectivity index (χ0) is 13.8. The Morgan fingerprint density at radius 1 is 1.32 bits per heavy atom. The quantitative estimate of drug-likeness (QED) is 0.483. The molecule has 0 bridgehead atoms. The molecule has 5 nitrogen and oxygen atoms in total. The summed E-state index contributed by atoms with van der Waals surface area (Å²) in [5.41, 5.74) is 3.85. The fourth-order valence-electron chi connectivity index (χ4n) is 1.87. The molecule has 3 N–H and O–H groups in total. The first-order valence-electron chi connectivity index (χ1n) is 6.48. The van der Waals surface area contributed by atoms with Gasteiger partial charge in [-0.05, 0) is 25.8 Å². The molecule has 0 radical (unpaired) electrons. The van der Waals surface area contributed by atoms with Gasteiger partial charge in [-0.1, -0.05) is 13.3 Å². The van der Waals surface area contributed by atoms with Crippen molar-refractivity contribution in [3.8, 4) is 0 Å². The Bertz CT molecular complexity index is 567. The lowest BCUT2D eigenvalue weighted by atomic mass is 10.2. The predicted molar refractivity (Wildman–Crippen MR) is 79.3 cm³/mol. The van der Waals surface area contributed by atoms with Gasteiger partial charge in [-0.2, -0.15) is 0 Å². The van der Waals surface area contributed by atoms with E-state index in [2.05, 4.69) is 36.2 Å². The largest absolute Gasteiger partial charge is 0.373 e. The van der Waals surface area contributed by atoms with Crippen molar-refractivity contribution in [2.24, 2.45) is 5.84 Å². The SMILES string of the molecule is CCCCOCc1nc(NN)c2c(C)c(C)sc2n1. The first-order chi connectivity index (χ1) is 9.17. The summed E-state index contributed by atoms with van der Waals surface area (Å²) in [4.78, 5) is 11.2. The van der Waals surface area contributed by atoms with Crippen molar-refractivity contribution in [1.29, 1.82) is 0 Å². The second-order valence-corrected chi connectivity index (χ2v) is 5.71. The highest BCUT2D eigenvalue weighted by Crippen LogP contribution is 2.32. The van der Waals surface area contributed by atoms with Crippen molar-refractivity contribution in [3.05, 3.63) is 16.3 Å². The van der Waals surface area contributed by atoms with Gasteiger partial charge in [0.25, 0.3) is 0 Å². The Balaban J connectivity index is 2.27. The number of ether oxygens (including phenoxy) is 1. The zero-order valence-electron chi connectivity index (χ0n) is 11.6. The number of aryl methyl sites for hydroxylation is 2. The van der Waals surface area contributed by atoms with Gasteiger partial charge >= 0.3 is 0 Å². The molecule has 104 valence electrons. The van der Waals surface area contributed by atoms with Crippen LogP contribution in [0.4, 0.5) is 5.82 Å². The van der Waals surface area contributed by atoms with Crippen molar-refractivity contribution in [2.45, 2.75) is 40.2 Å². The summed E-state index contributed by atoms with van der Waals surface area (Å²) >= 11 is 1.66. The molecule has 0 aliphatic heterocycles. The summed E-state index contributed by atoms with van der Waals surface area (Å²) in [6.07, 6.45) is 2.18. The first kappa shape index (κ1) is 14.2. The van der Waals surface area contributed by atoms with Gasteiger partial charge in [-0.3, -0.25) is 0 Å². The van der Waals surface area contributed by atoms with Gasteiger partial charge in [-0.15, -0.1) is 11.3 Å². The molecule has 0 unspecified atom stereocenters. The van der Waals surface area contributed by atoms with E-state index in [0.717, 1.165) is 29.7 Å². The number of nitrogens with zero attached hydrogens (tertiary/aromatic N) is 2. The second-order valence-electron chi connectivity index (χ2n) is 4.50. The van der Waals surface area contributed by atoms with Gasteiger partial charge in [0.2, 0.25) is 0 Å². The Morgan fingerprint density at radius 2 is 2.11 bits per heavy atom. The highest BCUT2D eigenvalue weighted by atomic mass is 32.1. The molecule has 0 saturated heterocycles. The molecule has 0 amide bonds. The summed E-state index contributed by atoms with van der Waals surface area (Å²) in [6, 6.07) is 0. The van der Waals surface area contributed by atoms with Crippen LogP contribution in [-0.4, -0.2) is 16.6 Å². The summed E-state index contributed by atoms with van der Waals surface area (Å²) < 4.78 is 5.56. The van der Waals surface area contributed by atoms with Gasteiger partial charge in [-0.25, -0.2) is 15.8 Å². The van der Waals surface area contributed by atoms with Crippen molar-refractivity contribution in [2.75, 3.05) is 12.0 Å². The van der Waals surface area contributed by atoms with E-state index in [-0.39, 0.29) is 0 Å². The molecular weight excluding hydrogens is 260 g/mol. The number of thiophene rings is 1. The molecule has 0 aliphatic carbocycles. The van der Waals surface area contributed by atoms with E-state index >= 15 is 0 Å². The molecule has 0 fully saturated rings. The average molecular weight is 280 g/mol. The van der Waals surface area contributed by atoms with Crippen molar-refractivity contribution in [3.63, 3.8) is 0 Å². The minimum atomic E-state index is 0.431. The van der Waals surface area contributed by atoms with Crippen LogP contribution in [0, 0.1) is 13.8 Å². The standard InChI is InChI=1S/C13H20N4OS/c1-4-5-6-18-7-10-15-12(17-14)11-8(2)9(3)19-13(11)16-10/h4-7,14H2,1-3H3,(H,15,16,17). The molecule has 0 spiro atoms. The number of rotatable bonds is 6. The van der Waals surface area contributed by atoms with Crippen molar-refractivity contribution in [1.82, 2.24) is 9.97 Å². The van der Waals surface area contributed by atoms with E-state index in [1.54, 1.807) is 11.3 Å². The van der Waals surface area contributed by atoms with Crippen LogP contribution in [0.15, 0.2) is 0 Å². The number of fused-ring (bicyclic) bond motifs is 1. The van der Waals surface area contributed by atoms with Gasteiger partial charge in [0.05, 0.1) is 5.39 Å². The molecule has 2 aromatic rings. The van der Waals surface area contributed by atoms with E-state index in [4.69, 9.17) is 10.6 Å². The third kappa shape index (κ3) is 3.02. The van der Waals surface area contributed by atoms with Gasteiger partial charge < -0.3 is 10.2 Å². The number of nitrogens with two attached hydrogens (primary N) is 1. The van der Waals surface area contributed by atoms with Crippen LogP contribution in [0.3, 0.4) is 0 Å². The molecule has 6 heteroatoms. The van der Waals surface area contributed by atoms with Gasteiger partial charge in [0.15, 0.2) is 11.6 Å². The van der Waals surface area contributed by atoms with Crippen LogP contribution in [0.1, 0.15) is 36.0 Å². The molecule has 0 saturated carbocycles. The minimum absolute atomic E-state index is 0.431. The van der Waals surface area contributed by atoms with Gasteiger partial charge in [0.1, 0.15) is 11.4 Å². The predicted octanol–water partition coefficient (Wildman–Crippen LogP) is 2.91. The van der Waals surface area contributed by atoms with E-state index in [1.807, 2.05) is 0 Å². The second kappa shape index (κ2) is 6.27. The number of hydrazine groups is 1. The topological polar surface area (TPSA) is 73.1 Å². The molecule has 2 rings (SSSR count). The molecule has 2 aromatic heterocycles. The maximum absolute atomic E-state index is 5.56. The van der Waals surface area contributed by atoms with Crippen molar-refractivity contribution >= 4 is 27.4 Å². The maximum atomic E-state index is 5.56. The van der Waals surface area contributed by atoms with Crippen LogP contribution in [0.2, 0.25) is 0 Å². The normalized spacial score (nSPS) is 11.2. The summed E-state index contributed by atoms with van der Waals surface area (Å²) in [5.74, 6) is 6.92. The van der Waals surface area contributed by atoms with E-state index in [9.17, 15) is 0 Å². The molecular formula is C13H20N4OS. The van der Waals surface area contributed by atoms with Crippen LogP contribution in [-0.2, 0) is 11.3 Å². The third-order valence-electron chi connectivity index (χ3n) is 3.09. The molecule has 0 atom stereocenters. The number of nitrogens with one attached hydrogen (secondary N) is 1. The molecule has 0 aromatic carbocycles. The van der Waals surface area contributed by atoms with Crippen LogP contribution in [0.5, 0.6) is 0 Å². The maximum Gasteiger partial charge on any atom is 0.158 e. The molecule has 19 heavy (non-hydrogen) atoms. The van der Waals surface area contributed by atoms with Crippen LogP contribution in [0.25, 0.3) is 10.2 Å². The molecule has 2 heterocycles. The fourth-order valence-corrected chi connectivity index (χ4v) is 2.92. The smallest absolute Gasteiger partial charge is 0.158 e. The van der Waals surface area contributed by atoms with E-state index < -0.39 is 0 Å². The number of anilines is 1.